The summed E-state index contributed by atoms with van der Waals surface area (Å²) in [7, 11) is 0. The highest BCUT2D eigenvalue weighted by molar-refractivity contribution is 5.79. The van der Waals surface area contributed by atoms with Crippen LogP contribution >= 0.6 is 0 Å². The lowest BCUT2D eigenvalue weighted by atomic mass is 9.65. The lowest BCUT2D eigenvalue weighted by Gasteiger charge is -2.46. The summed E-state index contributed by atoms with van der Waals surface area (Å²) in [5, 5.41) is 0. The van der Waals surface area contributed by atoms with E-state index in [0.717, 1.165) is 57.2 Å². The van der Waals surface area contributed by atoms with Crippen molar-refractivity contribution in [1.82, 2.24) is 14.7 Å². The Morgan fingerprint density at radius 3 is 1.94 bits per heavy atom. The minimum atomic E-state index is -0.474. The van der Waals surface area contributed by atoms with Gasteiger partial charge in [-0.05, 0) is 70.3 Å². The fraction of sp³-hybridized carbons (Fsp3) is 0.679. The van der Waals surface area contributed by atoms with Crippen molar-refractivity contribution in [3.8, 4) is 0 Å². The first-order valence-corrected chi connectivity index (χ1v) is 13.4. The minimum Gasteiger partial charge on any atom is -0.445 e. The van der Waals surface area contributed by atoms with Crippen LogP contribution in [0.2, 0.25) is 0 Å². The number of piperidine rings is 1. The maximum Gasteiger partial charge on any atom is 0.410 e. The Morgan fingerprint density at radius 2 is 1.36 bits per heavy atom. The van der Waals surface area contributed by atoms with Gasteiger partial charge in [0.15, 0.2) is 0 Å². The first-order valence-electron chi connectivity index (χ1n) is 13.4. The molecule has 8 nitrogen and oxygen atoms in total. The molecule has 1 aromatic rings. The zero-order valence-electron chi connectivity index (χ0n) is 22.0. The molecule has 4 rings (SSSR count). The van der Waals surface area contributed by atoms with Crippen LogP contribution < -0.4 is 0 Å². The molecule has 0 aromatic heterocycles. The van der Waals surface area contributed by atoms with E-state index >= 15 is 0 Å². The monoisotopic (exact) mass is 499 g/mol. The normalized spacial score (nSPS) is 20.8. The standard InChI is InChI=1S/C28H41N3O5/c1-27(2,3)36-26(34)30-15-13-28(14-16-30)11-9-23(10-12-28)24(32)29-17-19-31(20-18-29)25(33)35-21-22-7-5-4-6-8-22/h4-8,23H,9-21H2,1-3H3. The topological polar surface area (TPSA) is 79.4 Å². The Hall–Kier alpha value is -2.77. The Morgan fingerprint density at radius 1 is 0.806 bits per heavy atom. The lowest BCUT2D eigenvalue weighted by molar-refractivity contribution is -0.139. The number of nitrogens with zero attached hydrogens (tertiary/aromatic N) is 3. The molecule has 0 N–H and O–H groups in total. The number of carbonyl (C=O) groups excluding carboxylic acids is 3. The number of hydrogen-bond acceptors (Lipinski definition) is 5. The molecular formula is C28H41N3O5. The molecule has 36 heavy (non-hydrogen) atoms. The molecule has 3 amide bonds. The van der Waals surface area contributed by atoms with Crippen LogP contribution in [-0.2, 0) is 20.9 Å². The maximum atomic E-state index is 13.2. The third kappa shape index (κ3) is 6.71. The SMILES string of the molecule is CC(C)(C)OC(=O)N1CCC2(CCC(C(=O)N3CCN(C(=O)OCc4ccccc4)CC3)CC2)CC1. The summed E-state index contributed by atoms with van der Waals surface area (Å²) in [5.74, 6) is 0.296. The Bertz CT molecular complexity index is 903. The summed E-state index contributed by atoms with van der Waals surface area (Å²) in [5.41, 5.74) is 0.736. The Kier molecular flexibility index (Phi) is 8.10. The smallest absolute Gasteiger partial charge is 0.410 e. The van der Waals surface area contributed by atoms with Crippen LogP contribution in [0.25, 0.3) is 0 Å². The number of hydrogen-bond donors (Lipinski definition) is 0. The van der Waals surface area contributed by atoms with Crippen molar-refractivity contribution < 1.29 is 23.9 Å². The van der Waals surface area contributed by atoms with Crippen LogP contribution in [0.3, 0.4) is 0 Å². The zero-order valence-corrected chi connectivity index (χ0v) is 22.0. The second-order valence-corrected chi connectivity index (χ2v) is 11.6. The van der Waals surface area contributed by atoms with Gasteiger partial charge in [0.2, 0.25) is 5.91 Å². The number of rotatable bonds is 3. The minimum absolute atomic E-state index is 0.0658. The molecule has 1 saturated carbocycles. The third-order valence-electron chi connectivity index (χ3n) is 7.93. The highest BCUT2D eigenvalue weighted by Gasteiger charge is 2.42. The molecule has 0 bridgehead atoms. The van der Waals surface area contributed by atoms with Gasteiger partial charge in [-0.15, -0.1) is 0 Å². The van der Waals surface area contributed by atoms with Crippen LogP contribution in [0, 0.1) is 11.3 Å². The van der Waals surface area contributed by atoms with Crippen LogP contribution in [0.5, 0.6) is 0 Å². The molecule has 0 atom stereocenters. The van der Waals surface area contributed by atoms with E-state index in [-0.39, 0.29) is 36.0 Å². The molecule has 3 fully saturated rings. The average molecular weight is 500 g/mol. The molecule has 198 valence electrons. The van der Waals surface area contributed by atoms with Crippen LogP contribution in [0.15, 0.2) is 30.3 Å². The molecular weight excluding hydrogens is 458 g/mol. The second-order valence-electron chi connectivity index (χ2n) is 11.6. The van der Waals surface area contributed by atoms with Gasteiger partial charge < -0.3 is 24.2 Å². The third-order valence-corrected chi connectivity index (χ3v) is 7.93. The van der Waals surface area contributed by atoms with Crippen molar-refractivity contribution in [2.24, 2.45) is 11.3 Å². The van der Waals surface area contributed by atoms with Crippen molar-refractivity contribution in [2.75, 3.05) is 39.3 Å². The van der Waals surface area contributed by atoms with E-state index < -0.39 is 5.60 Å². The maximum absolute atomic E-state index is 13.2. The van der Waals surface area contributed by atoms with Crippen molar-refractivity contribution >= 4 is 18.1 Å². The summed E-state index contributed by atoms with van der Waals surface area (Å²) in [6, 6.07) is 9.65. The fourth-order valence-corrected chi connectivity index (χ4v) is 5.65. The molecule has 8 heteroatoms. The number of ether oxygens (including phenoxy) is 2. The van der Waals surface area contributed by atoms with Gasteiger partial charge in [0.1, 0.15) is 12.2 Å². The van der Waals surface area contributed by atoms with Crippen LogP contribution in [0.4, 0.5) is 9.59 Å². The van der Waals surface area contributed by atoms with Gasteiger partial charge in [0.25, 0.3) is 0 Å². The number of piperazine rings is 1. The van der Waals surface area contributed by atoms with Crippen LogP contribution in [0.1, 0.15) is 64.9 Å². The Balaban J connectivity index is 1.17. The molecule has 0 radical (unpaired) electrons. The summed E-state index contributed by atoms with van der Waals surface area (Å²) >= 11 is 0. The fourth-order valence-electron chi connectivity index (χ4n) is 5.65. The summed E-state index contributed by atoms with van der Waals surface area (Å²) < 4.78 is 11.0. The van der Waals surface area contributed by atoms with E-state index in [1.807, 2.05) is 60.9 Å². The van der Waals surface area contributed by atoms with E-state index in [4.69, 9.17) is 9.47 Å². The van der Waals surface area contributed by atoms with Gasteiger partial charge in [-0.25, -0.2) is 9.59 Å². The zero-order chi connectivity index (χ0) is 25.8. The molecule has 3 aliphatic rings. The predicted molar refractivity (Wildman–Crippen MR) is 136 cm³/mol. The summed E-state index contributed by atoms with van der Waals surface area (Å²) in [6.45, 7) is 9.55. The summed E-state index contributed by atoms with van der Waals surface area (Å²) in [4.78, 5) is 43.5. The van der Waals surface area contributed by atoms with E-state index in [9.17, 15) is 14.4 Å². The lowest BCUT2D eigenvalue weighted by Crippen LogP contribution is -2.52. The summed E-state index contributed by atoms with van der Waals surface area (Å²) in [6.07, 6.45) is 5.32. The second kappa shape index (κ2) is 11.1. The van der Waals surface area contributed by atoms with Crippen molar-refractivity contribution in [3.05, 3.63) is 35.9 Å². The van der Waals surface area contributed by atoms with E-state index in [2.05, 4.69) is 0 Å². The molecule has 2 saturated heterocycles. The number of amides is 3. The quantitative estimate of drug-likeness (QED) is 0.604. The van der Waals surface area contributed by atoms with Crippen molar-refractivity contribution in [1.29, 1.82) is 0 Å². The van der Waals surface area contributed by atoms with Gasteiger partial charge in [-0.2, -0.15) is 0 Å². The number of benzene rings is 1. The van der Waals surface area contributed by atoms with Gasteiger partial charge in [-0.1, -0.05) is 30.3 Å². The molecule has 1 spiro atoms. The first kappa shape index (κ1) is 26.3. The molecule has 1 aliphatic carbocycles. The molecule has 0 unspecified atom stereocenters. The highest BCUT2D eigenvalue weighted by atomic mass is 16.6. The van der Waals surface area contributed by atoms with Gasteiger partial charge in [0.05, 0.1) is 0 Å². The van der Waals surface area contributed by atoms with Gasteiger partial charge in [0, 0.05) is 45.2 Å². The number of carbonyl (C=O) groups is 3. The molecule has 2 heterocycles. The molecule has 2 aliphatic heterocycles. The Labute approximate surface area is 214 Å². The largest absolute Gasteiger partial charge is 0.445 e. The van der Waals surface area contributed by atoms with E-state index in [0.29, 0.717) is 26.2 Å². The van der Waals surface area contributed by atoms with Crippen LogP contribution in [-0.4, -0.2) is 77.7 Å². The van der Waals surface area contributed by atoms with E-state index in [1.54, 1.807) is 4.90 Å². The number of likely N-dealkylation sites (tertiary alicyclic amines) is 1. The van der Waals surface area contributed by atoms with Crippen molar-refractivity contribution in [3.63, 3.8) is 0 Å². The first-order chi connectivity index (χ1) is 17.1. The average Bonchev–Trinajstić information content (AvgIpc) is 2.87. The van der Waals surface area contributed by atoms with Gasteiger partial charge >= 0.3 is 12.2 Å². The van der Waals surface area contributed by atoms with Crippen molar-refractivity contribution in [2.45, 2.75) is 71.5 Å². The highest BCUT2D eigenvalue weighted by Crippen LogP contribution is 2.46. The van der Waals surface area contributed by atoms with E-state index in [1.165, 1.54) is 0 Å². The van der Waals surface area contributed by atoms with Gasteiger partial charge in [-0.3, -0.25) is 4.79 Å². The predicted octanol–water partition coefficient (Wildman–Crippen LogP) is 4.67. The molecule has 1 aromatic carbocycles.